The molecule has 0 amide bonds. The Morgan fingerprint density at radius 1 is 1.58 bits per heavy atom. The van der Waals surface area contributed by atoms with Crippen LogP contribution in [0.2, 0.25) is 0 Å². The molecule has 4 nitrogen and oxygen atoms in total. The number of thiocarbonyl (C=S) groups is 1. The maximum Gasteiger partial charge on any atom is 0.139 e. The zero-order valence-corrected chi connectivity index (χ0v) is 12.6. The van der Waals surface area contributed by atoms with E-state index in [2.05, 4.69) is 9.88 Å². The second kappa shape index (κ2) is 5.84. The summed E-state index contributed by atoms with van der Waals surface area (Å²) in [5, 5.41) is 0. The van der Waals surface area contributed by atoms with E-state index in [1.807, 2.05) is 19.9 Å². The fraction of sp³-hybridized carbons (Fsp3) is 0.571. The smallest absolute Gasteiger partial charge is 0.139 e. The highest BCUT2D eigenvalue weighted by atomic mass is 32.1. The molecule has 1 aliphatic heterocycles. The van der Waals surface area contributed by atoms with Crippen molar-refractivity contribution in [2.24, 2.45) is 11.7 Å². The molecule has 1 atom stereocenters. The van der Waals surface area contributed by atoms with Gasteiger partial charge in [0.05, 0.1) is 12.2 Å². The van der Waals surface area contributed by atoms with Crippen molar-refractivity contribution in [2.45, 2.75) is 20.3 Å². The van der Waals surface area contributed by atoms with E-state index >= 15 is 0 Å². The fourth-order valence-corrected chi connectivity index (χ4v) is 3.00. The molecule has 0 aromatic carbocycles. The average molecular weight is 279 g/mol. The minimum atomic E-state index is 0.426. The number of rotatable bonds is 4. The summed E-state index contributed by atoms with van der Waals surface area (Å²) in [6, 6.07) is 2.03. The number of nitrogens with two attached hydrogens (primary N) is 1. The Bertz CT molecular complexity index is 490. The van der Waals surface area contributed by atoms with Crippen LogP contribution in [0, 0.1) is 19.8 Å². The number of methoxy groups -OCH3 is 1. The van der Waals surface area contributed by atoms with Crippen LogP contribution in [0.1, 0.15) is 23.2 Å². The Kier molecular flexibility index (Phi) is 4.37. The predicted octanol–water partition coefficient (Wildman–Crippen LogP) is 1.81. The third-order valence-corrected chi connectivity index (χ3v) is 3.76. The van der Waals surface area contributed by atoms with Crippen LogP contribution in [0.3, 0.4) is 0 Å². The molecule has 19 heavy (non-hydrogen) atoms. The molecule has 104 valence electrons. The molecule has 0 saturated carbocycles. The fourth-order valence-electron chi connectivity index (χ4n) is 2.75. The zero-order valence-electron chi connectivity index (χ0n) is 11.8. The maximum atomic E-state index is 5.87. The molecule has 2 N–H and O–H groups in total. The van der Waals surface area contributed by atoms with E-state index in [-0.39, 0.29) is 0 Å². The van der Waals surface area contributed by atoms with E-state index in [0.717, 1.165) is 48.8 Å². The van der Waals surface area contributed by atoms with Gasteiger partial charge in [0, 0.05) is 31.8 Å². The summed E-state index contributed by atoms with van der Waals surface area (Å²) in [6.45, 7) is 6.78. The average Bonchev–Trinajstić information content (AvgIpc) is 2.76. The number of hydrogen-bond donors (Lipinski definition) is 1. The molecule has 1 saturated heterocycles. The first-order valence-corrected chi connectivity index (χ1v) is 6.95. The number of hydrogen-bond acceptors (Lipinski definition) is 4. The van der Waals surface area contributed by atoms with E-state index < -0.39 is 0 Å². The first kappa shape index (κ1) is 14.2. The summed E-state index contributed by atoms with van der Waals surface area (Å²) in [7, 11) is 1.75. The van der Waals surface area contributed by atoms with Gasteiger partial charge >= 0.3 is 0 Å². The van der Waals surface area contributed by atoms with Crippen molar-refractivity contribution in [3.8, 4) is 0 Å². The number of aromatic nitrogens is 1. The largest absolute Gasteiger partial charge is 0.389 e. The van der Waals surface area contributed by atoms with Crippen molar-refractivity contribution >= 4 is 23.0 Å². The lowest BCUT2D eigenvalue weighted by molar-refractivity contribution is 0.161. The van der Waals surface area contributed by atoms with Crippen LogP contribution >= 0.6 is 12.2 Å². The van der Waals surface area contributed by atoms with Crippen molar-refractivity contribution < 1.29 is 4.74 Å². The lowest BCUT2D eigenvalue weighted by Gasteiger charge is -2.22. The minimum Gasteiger partial charge on any atom is -0.389 e. The molecule has 1 aliphatic rings. The van der Waals surface area contributed by atoms with Gasteiger partial charge in [0.1, 0.15) is 10.8 Å². The molecule has 1 aromatic heterocycles. The second-order valence-corrected chi connectivity index (χ2v) is 5.64. The quantitative estimate of drug-likeness (QED) is 0.852. The zero-order chi connectivity index (χ0) is 14.0. The van der Waals surface area contributed by atoms with Gasteiger partial charge in [0.2, 0.25) is 0 Å². The van der Waals surface area contributed by atoms with Crippen LogP contribution in [-0.2, 0) is 4.74 Å². The molecule has 1 fully saturated rings. The molecule has 2 rings (SSSR count). The van der Waals surface area contributed by atoms with Crippen molar-refractivity contribution in [2.75, 3.05) is 31.7 Å². The first-order valence-electron chi connectivity index (χ1n) is 6.55. The SMILES string of the molecule is COCC1CCN(c2nc(C)cc(C)c2C(N)=S)C1. The van der Waals surface area contributed by atoms with Crippen LogP contribution in [0.4, 0.5) is 5.82 Å². The topological polar surface area (TPSA) is 51.4 Å². The summed E-state index contributed by atoms with van der Waals surface area (Å²) in [5.74, 6) is 1.50. The van der Waals surface area contributed by atoms with Gasteiger partial charge in [-0.2, -0.15) is 0 Å². The first-order chi connectivity index (χ1) is 9.02. The molecule has 2 heterocycles. The number of anilines is 1. The van der Waals surface area contributed by atoms with Gasteiger partial charge in [0.25, 0.3) is 0 Å². The highest BCUT2D eigenvalue weighted by molar-refractivity contribution is 7.80. The number of nitrogens with zero attached hydrogens (tertiary/aromatic N) is 2. The van der Waals surface area contributed by atoms with Gasteiger partial charge in [-0.05, 0) is 31.9 Å². The predicted molar refractivity (Wildman–Crippen MR) is 81.8 cm³/mol. The Balaban J connectivity index is 2.32. The highest BCUT2D eigenvalue weighted by Gasteiger charge is 2.26. The van der Waals surface area contributed by atoms with Gasteiger partial charge in [-0.1, -0.05) is 12.2 Å². The molecular formula is C14H21N3OS. The van der Waals surface area contributed by atoms with E-state index in [9.17, 15) is 0 Å². The molecular weight excluding hydrogens is 258 g/mol. The van der Waals surface area contributed by atoms with Crippen molar-refractivity contribution in [3.05, 3.63) is 22.9 Å². The summed E-state index contributed by atoms with van der Waals surface area (Å²) in [6.07, 6.45) is 1.12. The van der Waals surface area contributed by atoms with Crippen LogP contribution < -0.4 is 10.6 Å². The lowest BCUT2D eigenvalue weighted by Crippen LogP contribution is -2.26. The maximum absolute atomic E-state index is 5.87. The van der Waals surface area contributed by atoms with Crippen LogP contribution in [-0.4, -0.2) is 36.8 Å². The molecule has 0 spiro atoms. The Labute approximate surface area is 120 Å². The molecule has 0 radical (unpaired) electrons. The van der Waals surface area contributed by atoms with Gasteiger partial charge in [-0.15, -0.1) is 0 Å². The third kappa shape index (κ3) is 3.04. The molecule has 1 aromatic rings. The van der Waals surface area contributed by atoms with Crippen LogP contribution in [0.5, 0.6) is 0 Å². The van der Waals surface area contributed by atoms with Gasteiger partial charge in [0.15, 0.2) is 0 Å². The van der Waals surface area contributed by atoms with Crippen LogP contribution in [0.25, 0.3) is 0 Å². The summed E-state index contributed by atoms with van der Waals surface area (Å²) >= 11 is 5.18. The van der Waals surface area contributed by atoms with Gasteiger partial charge in [-0.3, -0.25) is 0 Å². The monoisotopic (exact) mass is 279 g/mol. The summed E-state index contributed by atoms with van der Waals surface area (Å²) in [4.78, 5) is 7.35. The van der Waals surface area contributed by atoms with E-state index in [4.69, 9.17) is 22.7 Å². The number of pyridine rings is 1. The Morgan fingerprint density at radius 2 is 2.32 bits per heavy atom. The standard InChI is InChI=1S/C14H21N3OS/c1-9-6-10(2)16-14(12(9)13(15)19)17-5-4-11(7-17)8-18-3/h6,11H,4-5,7-8H2,1-3H3,(H2,15,19). The van der Waals surface area contributed by atoms with Crippen molar-refractivity contribution in [3.63, 3.8) is 0 Å². The number of ether oxygens (including phenoxy) is 1. The Morgan fingerprint density at radius 3 is 2.95 bits per heavy atom. The van der Waals surface area contributed by atoms with E-state index in [1.54, 1.807) is 7.11 Å². The Hall–Kier alpha value is -1.20. The second-order valence-electron chi connectivity index (χ2n) is 5.20. The summed E-state index contributed by atoms with van der Waals surface area (Å²) < 4.78 is 5.24. The van der Waals surface area contributed by atoms with E-state index in [0.29, 0.717) is 10.9 Å². The number of aryl methyl sites for hydroxylation is 2. The van der Waals surface area contributed by atoms with Gasteiger partial charge < -0.3 is 15.4 Å². The third-order valence-electron chi connectivity index (χ3n) is 3.56. The van der Waals surface area contributed by atoms with Crippen molar-refractivity contribution in [1.82, 2.24) is 4.98 Å². The molecule has 5 heteroatoms. The van der Waals surface area contributed by atoms with Crippen molar-refractivity contribution in [1.29, 1.82) is 0 Å². The molecule has 0 bridgehead atoms. The normalized spacial score (nSPS) is 18.9. The minimum absolute atomic E-state index is 0.426. The molecule has 0 aliphatic carbocycles. The van der Waals surface area contributed by atoms with E-state index in [1.165, 1.54) is 0 Å². The van der Waals surface area contributed by atoms with Crippen LogP contribution in [0.15, 0.2) is 6.07 Å². The molecule has 1 unspecified atom stereocenters. The van der Waals surface area contributed by atoms with Gasteiger partial charge in [-0.25, -0.2) is 4.98 Å². The highest BCUT2D eigenvalue weighted by Crippen LogP contribution is 2.28. The lowest BCUT2D eigenvalue weighted by atomic mass is 10.1. The summed E-state index contributed by atoms with van der Waals surface area (Å²) in [5.41, 5.74) is 8.89.